The topological polar surface area (TPSA) is 245 Å². The minimum atomic E-state index is -1.52. The van der Waals surface area contributed by atoms with Gasteiger partial charge in [0.2, 0.25) is 0 Å². The van der Waals surface area contributed by atoms with Gasteiger partial charge in [0, 0.05) is 30.1 Å². The molecule has 310 valence electrons. The summed E-state index contributed by atoms with van der Waals surface area (Å²) in [5.74, 6) is -0.631. The highest BCUT2D eigenvalue weighted by Gasteiger charge is 2.71. The van der Waals surface area contributed by atoms with Crippen LogP contribution >= 0.6 is 0 Å². The van der Waals surface area contributed by atoms with Crippen LogP contribution in [0.1, 0.15) is 85.5 Å². The fraction of sp³-hybridized carbons (Fsp3) is 0.974. The predicted octanol–water partition coefficient (Wildman–Crippen LogP) is -0.424. The molecule has 22 atom stereocenters. The third-order valence-corrected chi connectivity index (χ3v) is 15.7. The molecular formula is C39H64O15. The molecule has 54 heavy (non-hydrogen) atoms. The maximum absolute atomic E-state index is 14.5. The second kappa shape index (κ2) is 15.4. The molecule has 7 fully saturated rings. The highest BCUT2D eigenvalue weighted by Crippen LogP contribution is 2.70. The highest BCUT2D eigenvalue weighted by molar-refractivity contribution is 5.87. The molecule has 9 N–H and O–H groups in total. The molecule has 0 radical (unpaired) electrons. The highest BCUT2D eigenvalue weighted by atomic mass is 16.7. The average molecular weight is 773 g/mol. The summed E-state index contributed by atoms with van der Waals surface area (Å²) in [5.41, 5.74) is -0.686. The number of rotatable bonds is 10. The first-order valence-corrected chi connectivity index (χ1v) is 20.3. The number of ether oxygens (including phenoxy) is 5. The summed E-state index contributed by atoms with van der Waals surface area (Å²) < 4.78 is 29.6. The van der Waals surface area contributed by atoms with Crippen molar-refractivity contribution in [1.29, 1.82) is 0 Å². The van der Waals surface area contributed by atoms with Crippen LogP contribution < -0.4 is 0 Å². The predicted molar refractivity (Wildman–Crippen MR) is 187 cm³/mol. The minimum absolute atomic E-state index is 0.0755. The van der Waals surface area contributed by atoms with Crippen molar-refractivity contribution in [2.75, 3.05) is 19.8 Å². The van der Waals surface area contributed by atoms with Crippen molar-refractivity contribution in [3.8, 4) is 0 Å². The van der Waals surface area contributed by atoms with Crippen LogP contribution in [0.2, 0.25) is 0 Å². The molecule has 0 aromatic rings. The Morgan fingerprint density at radius 3 is 2.11 bits per heavy atom. The van der Waals surface area contributed by atoms with Gasteiger partial charge in [-0.2, -0.15) is 0 Å². The zero-order valence-electron chi connectivity index (χ0n) is 31.9. The Hall–Kier alpha value is -0.890. The Morgan fingerprint density at radius 1 is 0.833 bits per heavy atom. The number of carbonyl (C=O) groups excluding carboxylic acids is 1. The largest absolute Gasteiger partial charge is 0.394 e. The van der Waals surface area contributed by atoms with E-state index in [1.807, 2.05) is 13.8 Å². The van der Waals surface area contributed by atoms with Crippen LogP contribution in [0, 0.1) is 52.3 Å². The van der Waals surface area contributed by atoms with Gasteiger partial charge < -0.3 is 69.6 Å². The molecule has 3 saturated heterocycles. The summed E-state index contributed by atoms with van der Waals surface area (Å²) >= 11 is 0. The molecule has 0 aromatic heterocycles. The van der Waals surface area contributed by atoms with Crippen LogP contribution in [-0.2, 0) is 28.5 Å². The molecule has 7 aliphatic rings. The summed E-state index contributed by atoms with van der Waals surface area (Å²) in [4.78, 5) is 14.5. The molecule has 0 amide bonds. The van der Waals surface area contributed by atoms with Crippen molar-refractivity contribution in [3.05, 3.63) is 0 Å². The van der Waals surface area contributed by atoms with Gasteiger partial charge in [-0.15, -0.1) is 0 Å². The van der Waals surface area contributed by atoms with E-state index >= 15 is 0 Å². The zero-order valence-corrected chi connectivity index (χ0v) is 31.9. The molecule has 3 heterocycles. The molecule has 0 bridgehead atoms. The van der Waals surface area contributed by atoms with E-state index in [2.05, 4.69) is 13.8 Å². The first-order chi connectivity index (χ1) is 25.5. The summed E-state index contributed by atoms with van der Waals surface area (Å²) in [6.45, 7) is 7.46. The lowest BCUT2D eigenvalue weighted by Gasteiger charge is -2.60. The van der Waals surface area contributed by atoms with E-state index in [0.717, 1.165) is 32.1 Å². The van der Waals surface area contributed by atoms with E-state index < -0.39 is 85.8 Å². The number of aliphatic hydroxyl groups is 9. The fourth-order valence-electron chi connectivity index (χ4n) is 12.4. The van der Waals surface area contributed by atoms with Crippen molar-refractivity contribution in [2.24, 2.45) is 52.3 Å². The van der Waals surface area contributed by atoms with E-state index in [4.69, 9.17) is 23.7 Å². The van der Waals surface area contributed by atoms with Gasteiger partial charge in [-0.3, -0.25) is 4.79 Å². The molecule has 0 aromatic carbocycles. The average Bonchev–Trinajstić information content (AvgIpc) is 3.59. The van der Waals surface area contributed by atoms with Gasteiger partial charge in [-0.25, -0.2) is 0 Å². The number of aliphatic hydroxyl groups excluding tert-OH is 8. The van der Waals surface area contributed by atoms with E-state index in [1.165, 1.54) is 0 Å². The molecule has 4 aliphatic carbocycles. The third kappa shape index (κ3) is 6.73. The molecule has 4 saturated carbocycles. The lowest BCUT2D eigenvalue weighted by atomic mass is 9.44. The van der Waals surface area contributed by atoms with E-state index in [9.17, 15) is 50.8 Å². The molecule has 0 spiro atoms. The van der Waals surface area contributed by atoms with Crippen LogP contribution in [0.5, 0.6) is 0 Å². The van der Waals surface area contributed by atoms with Crippen LogP contribution in [0.4, 0.5) is 0 Å². The second-order valence-corrected chi connectivity index (χ2v) is 18.5. The van der Waals surface area contributed by atoms with Gasteiger partial charge in [0.05, 0.1) is 32.0 Å². The summed E-state index contributed by atoms with van der Waals surface area (Å²) in [6.07, 6.45) is -7.46. The van der Waals surface area contributed by atoms with Crippen molar-refractivity contribution >= 4 is 5.78 Å². The maximum Gasteiger partial charge on any atom is 0.186 e. The van der Waals surface area contributed by atoms with Gasteiger partial charge in [-0.1, -0.05) is 27.7 Å². The van der Waals surface area contributed by atoms with Crippen LogP contribution in [0.15, 0.2) is 0 Å². The number of fused-ring (bicyclic) bond motifs is 7. The first-order valence-electron chi connectivity index (χ1n) is 20.3. The van der Waals surface area contributed by atoms with Gasteiger partial charge in [0.1, 0.15) is 54.6 Å². The summed E-state index contributed by atoms with van der Waals surface area (Å²) in [6, 6.07) is 0. The summed E-state index contributed by atoms with van der Waals surface area (Å²) in [5, 5.41) is 92.5. The first kappa shape index (κ1) is 41.3. The van der Waals surface area contributed by atoms with Crippen molar-refractivity contribution in [1.82, 2.24) is 0 Å². The smallest absolute Gasteiger partial charge is 0.186 e. The zero-order chi connectivity index (χ0) is 39.1. The molecule has 3 aliphatic heterocycles. The molecule has 0 unspecified atom stereocenters. The van der Waals surface area contributed by atoms with Crippen molar-refractivity contribution < 1.29 is 74.4 Å². The van der Waals surface area contributed by atoms with E-state index in [1.54, 1.807) is 0 Å². The third-order valence-electron chi connectivity index (χ3n) is 15.7. The Bertz CT molecular complexity index is 1330. The number of carbonyl (C=O) groups is 1. The van der Waals surface area contributed by atoms with Crippen LogP contribution in [0.3, 0.4) is 0 Å². The van der Waals surface area contributed by atoms with E-state index in [0.29, 0.717) is 37.5 Å². The van der Waals surface area contributed by atoms with Crippen molar-refractivity contribution in [3.63, 3.8) is 0 Å². The Labute approximate surface area is 316 Å². The quantitative estimate of drug-likeness (QED) is 0.128. The SMILES string of the molecule is C[C@@H](CC[C@@]1(O)O[C@H]2C[C@H]3[C@@H]4CC[C@@H]5C[C@@H](O[C@@H]6O[C@H](CO)[C@@H](O)[C@H](O)[C@H]6O)CC[C@]5(C)[C@H]4CC(=O)[C@]3(C)[C@H]2[C@@H]1C)CO[C@@H]1O[C@H](CO)[C@@H](O)[C@H](O)[C@H]1O. The number of hydrogen-bond acceptors (Lipinski definition) is 15. The molecule has 15 heteroatoms. The van der Waals surface area contributed by atoms with Gasteiger partial charge in [0.15, 0.2) is 18.4 Å². The Balaban J connectivity index is 0.954. The number of ketones is 1. The van der Waals surface area contributed by atoms with E-state index in [-0.39, 0.29) is 59.6 Å². The summed E-state index contributed by atoms with van der Waals surface area (Å²) in [7, 11) is 0. The van der Waals surface area contributed by atoms with Gasteiger partial charge in [-0.05, 0) is 80.0 Å². The minimum Gasteiger partial charge on any atom is -0.394 e. The maximum atomic E-state index is 14.5. The lowest BCUT2D eigenvalue weighted by molar-refractivity contribution is -0.316. The monoisotopic (exact) mass is 772 g/mol. The number of hydrogen-bond donors (Lipinski definition) is 9. The van der Waals surface area contributed by atoms with Crippen LogP contribution in [-0.4, -0.2) is 151 Å². The normalized spacial score (nSPS) is 55.1. The second-order valence-electron chi connectivity index (χ2n) is 18.5. The Morgan fingerprint density at radius 2 is 1.46 bits per heavy atom. The van der Waals surface area contributed by atoms with Crippen LogP contribution in [0.25, 0.3) is 0 Å². The van der Waals surface area contributed by atoms with Gasteiger partial charge >= 0.3 is 0 Å². The fourth-order valence-corrected chi connectivity index (χ4v) is 12.4. The number of Topliss-reactive ketones (excluding diaryl/α,β-unsaturated/α-hetero) is 1. The Kier molecular flexibility index (Phi) is 11.7. The molecule has 15 nitrogen and oxygen atoms in total. The lowest BCUT2D eigenvalue weighted by Crippen LogP contribution is -2.60. The van der Waals surface area contributed by atoms with Gasteiger partial charge in [0.25, 0.3) is 0 Å². The standard InChI is InChI=1S/C39H64O15/c1-17(16-50-35-33(47)31(45)29(43)25(14-40)52-35)7-10-39(49)18(2)28-24(54-39)12-23-21-6-5-19-11-20(51-36-34(48)32(46)30(44)26(15-41)53-36)8-9-37(19,3)22(21)13-27(42)38(23,28)4/h17-26,28-36,40-41,43-49H,5-16H2,1-4H3/t17-,18-,19+,20-,21+,22-,23-,24-,25+,26+,28-,29+,30+,31-,32-,33+,34+,35+,36+,37-,38+,39+/m0/s1. The molecule has 7 rings (SSSR count). The molecular weight excluding hydrogens is 708 g/mol. The van der Waals surface area contributed by atoms with Crippen molar-refractivity contribution in [2.45, 2.75) is 165 Å².